The molecule has 2 aliphatic rings. The second-order valence-electron chi connectivity index (χ2n) is 8.34. The van der Waals surface area contributed by atoms with E-state index in [1.165, 1.54) is 6.42 Å². The SMILES string of the molecule is CCn1c(C(=O)N2CCN(S(=O)(=O)N(C)C3CCCCC3)CC2)cc2ccccc21. The van der Waals surface area contributed by atoms with Crippen LogP contribution in [0.15, 0.2) is 30.3 Å². The highest BCUT2D eigenvalue weighted by molar-refractivity contribution is 7.86. The van der Waals surface area contributed by atoms with E-state index in [1.54, 1.807) is 20.6 Å². The van der Waals surface area contributed by atoms with Gasteiger partial charge in [0, 0.05) is 56.7 Å². The summed E-state index contributed by atoms with van der Waals surface area (Å²) < 4.78 is 31.3. The van der Waals surface area contributed by atoms with Gasteiger partial charge >= 0.3 is 0 Å². The zero-order valence-electron chi connectivity index (χ0n) is 18.0. The molecule has 0 bridgehead atoms. The lowest BCUT2D eigenvalue weighted by Crippen LogP contribution is -2.55. The Bertz CT molecular complexity index is 1000. The van der Waals surface area contributed by atoms with E-state index in [4.69, 9.17) is 0 Å². The Morgan fingerprint density at radius 1 is 1.07 bits per heavy atom. The number of benzene rings is 1. The van der Waals surface area contributed by atoms with Crippen molar-refractivity contribution >= 4 is 27.0 Å². The van der Waals surface area contributed by atoms with Crippen molar-refractivity contribution in [2.75, 3.05) is 33.2 Å². The van der Waals surface area contributed by atoms with Gasteiger partial charge < -0.3 is 9.47 Å². The molecule has 0 unspecified atom stereocenters. The number of piperazine rings is 1. The molecule has 0 spiro atoms. The number of carbonyl (C=O) groups excluding carboxylic acids is 1. The average molecular weight is 433 g/mol. The van der Waals surface area contributed by atoms with E-state index in [1.807, 2.05) is 41.8 Å². The van der Waals surface area contributed by atoms with Crippen LogP contribution in [-0.4, -0.2) is 71.7 Å². The molecule has 7 nitrogen and oxygen atoms in total. The minimum absolute atomic E-state index is 0.0225. The van der Waals surface area contributed by atoms with E-state index in [-0.39, 0.29) is 11.9 Å². The lowest BCUT2D eigenvalue weighted by Gasteiger charge is -2.38. The minimum Gasteiger partial charge on any atom is -0.337 e. The number of para-hydroxylation sites is 1. The summed E-state index contributed by atoms with van der Waals surface area (Å²) in [5.41, 5.74) is 1.73. The van der Waals surface area contributed by atoms with Crippen LogP contribution in [0.3, 0.4) is 0 Å². The zero-order chi connectivity index (χ0) is 21.3. The fourth-order valence-electron chi connectivity index (χ4n) is 4.83. The quantitative estimate of drug-likeness (QED) is 0.730. The number of fused-ring (bicyclic) bond motifs is 1. The normalized spacial score (nSPS) is 19.6. The van der Waals surface area contributed by atoms with Gasteiger partial charge in [0.1, 0.15) is 5.69 Å². The minimum atomic E-state index is -3.49. The third-order valence-electron chi connectivity index (χ3n) is 6.65. The van der Waals surface area contributed by atoms with Crippen LogP contribution in [-0.2, 0) is 16.8 Å². The van der Waals surface area contributed by atoms with Gasteiger partial charge in [-0.25, -0.2) is 0 Å². The number of aryl methyl sites for hydroxylation is 1. The van der Waals surface area contributed by atoms with Gasteiger partial charge in [-0.1, -0.05) is 37.5 Å². The Balaban J connectivity index is 1.45. The highest BCUT2D eigenvalue weighted by Crippen LogP contribution is 2.26. The Labute approximate surface area is 179 Å². The van der Waals surface area contributed by atoms with E-state index < -0.39 is 10.2 Å². The van der Waals surface area contributed by atoms with Crippen molar-refractivity contribution in [2.45, 2.75) is 51.6 Å². The molecule has 1 saturated carbocycles. The maximum atomic E-state index is 13.2. The van der Waals surface area contributed by atoms with Crippen LogP contribution in [0.4, 0.5) is 0 Å². The molecule has 30 heavy (non-hydrogen) atoms. The molecule has 0 atom stereocenters. The number of nitrogens with zero attached hydrogens (tertiary/aromatic N) is 4. The van der Waals surface area contributed by atoms with Crippen molar-refractivity contribution in [1.82, 2.24) is 18.1 Å². The summed E-state index contributed by atoms with van der Waals surface area (Å²) in [7, 11) is -1.77. The first kappa shape index (κ1) is 21.3. The summed E-state index contributed by atoms with van der Waals surface area (Å²) in [6.45, 7) is 4.28. The van der Waals surface area contributed by atoms with E-state index in [2.05, 4.69) is 0 Å². The smallest absolute Gasteiger partial charge is 0.282 e. The highest BCUT2D eigenvalue weighted by atomic mass is 32.2. The van der Waals surface area contributed by atoms with Gasteiger partial charge in [0.15, 0.2) is 0 Å². The summed E-state index contributed by atoms with van der Waals surface area (Å²) in [5.74, 6) is -0.0225. The van der Waals surface area contributed by atoms with E-state index >= 15 is 0 Å². The third-order valence-corrected chi connectivity index (χ3v) is 8.69. The number of aromatic nitrogens is 1. The summed E-state index contributed by atoms with van der Waals surface area (Å²) in [6, 6.07) is 10.0. The molecule has 164 valence electrons. The molecule has 4 rings (SSSR count). The first-order chi connectivity index (χ1) is 14.4. The predicted molar refractivity (Wildman–Crippen MR) is 119 cm³/mol. The molecule has 1 amide bonds. The molecule has 1 aliphatic carbocycles. The highest BCUT2D eigenvalue weighted by Gasteiger charge is 2.35. The largest absolute Gasteiger partial charge is 0.337 e. The number of hydrogen-bond donors (Lipinski definition) is 0. The number of rotatable bonds is 5. The summed E-state index contributed by atoms with van der Waals surface area (Å²) in [4.78, 5) is 15.0. The predicted octanol–water partition coefficient (Wildman–Crippen LogP) is 2.93. The zero-order valence-corrected chi connectivity index (χ0v) is 18.8. The summed E-state index contributed by atoms with van der Waals surface area (Å²) >= 11 is 0. The molecule has 1 aromatic heterocycles. The second-order valence-corrected chi connectivity index (χ2v) is 10.3. The molecule has 1 aromatic carbocycles. The number of carbonyl (C=O) groups is 1. The van der Waals surface area contributed by atoms with Crippen molar-refractivity contribution < 1.29 is 13.2 Å². The van der Waals surface area contributed by atoms with Crippen LogP contribution in [0.2, 0.25) is 0 Å². The molecular formula is C22H32N4O3S. The van der Waals surface area contributed by atoms with Gasteiger partial charge in [-0.05, 0) is 31.9 Å². The second kappa shape index (κ2) is 8.69. The lowest BCUT2D eigenvalue weighted by molar-refractivity contribution is 0.0682. The van der Waals surface area contributed by atoms with Crippen LogP contribution in [0.1, 0.15) is 49.5 Å². The van der Waals surface area contributed by atoms with Crippen molar-refractivity contribution in [3.05, 3.63) is 36.0 Å². The van der Waals surface area contributed by atoms with E-state index in [9.17, 15) is 13.2 Å². The van der Waals surface area contributed by atoms with Gasteiger partial charge in [0.05, 0.1) is 0 Å². The molecule has 8 heteroatoms. The lowest BCUT2D eigenvalue weighted by atomic mass is 9.96. The standard InChI is InChI=1S/C22H32N4O3S/c1-3-26-20-12-8-7-9-18(20)17-21(26)22(27)24-13-15-25(16-14-24)30(28,29)23(2)19-10-5-4-6-11-19/h7-9,12,17,19H,3-6,10-11,13-16H2,1-2H3. The number of hydrogen-bond acceptors (Lipinski definition) is 3. The Morgan fingerprint density at radius 3 is 2.40 bits per heavy atom. The fraction of sp³-hybridized carbons (Fsp3) is 0.591. The van der Waals surface area contributed by atoms with Crippen LogP contribution in [0, 0.1) is 0 Å². The van der Waals surface area contributed by atoms with Gasteiger partial charge in [-0.3, -0.25) is 4.79 Å². The number of amides is 1. The average Bonchev–Trinajstić information content (AvgIpc) is 3.17. The fourth-order valence-corrected chi connectivity index (χ4v) is 6.40. The van der Waals surface area contributed by atoms with Crippen molar-refractivity contribution in [3.63, 3.8) is 0 Å². The van der Waals surface area contributed by atoms with Crippen LogP contribution >= 0.6 is 0 Å². The molecule has 1 saturated heterocycles. The van der Waals surface area contributed by atoms with Crippen molar-refractivity contribution in [3.8, 4) is 0 Å². The molecule has 0 radical (unpaired) electrons. The van der Waals surface area contributed by atoms with Crippen LogP contribution < -0.4 is 0 Å². The van der Waals surface area contributed by atoms with Crippen LogP contribution in [0.25, 0.3) is 10.9 Å². The monoisotopic (exact) mass is 432 g/mol. The first-order valence-electron chi connectivity index (χ1n) is 11.0. The van der Waals surface area contributed by atoms with Crippen LogP contribution in [0.5, 0.6) is 0 Å². The Kier molecular flexibility index (Phi) is 6.18. The maximum absolute atomic E-state index is 13.2. The van der Waals surface area contributed by atoms with Gasteiger partial charge in [-0.15, -0.1) is 0 Å². The Morgan fingerprint density at radius 2 is 1.73 bits per heavy atom. The molecule has 0 N–H and O–H groups in total. The maximum Gasteiger partial charge on any atom is 0.282 e. The van der Waals surface area contributed by atoms with Gasteiger partial charge in [-0.2, -0.15) is 17.0 Å². The topological polar surface area (TPSA) is 65.9 Å². The third kappa shape index (κ3) is 3.88. The molecule has 2 fully saturated rings. The summed E-state index contributed by atoms with van der Waals surface area (Å²) in [6.07, 6.45) is 5.27. The van der Waals surface area contributed by atoms with E-state index in [0.717, 1.165) is 43.1 Å². The Hall–Kier alpha value is -1.90. The molecule has 2 heterocycles. The van der Waals surface area contributed by atoms with Gasteiger partial charge in [0.25, 0.3) is 16.1 Å². The molecule has 2 aromatic rings. The first-order valence-corrected chi connectivity index (χ1v) is 12.4. The molecule has 1 aliphatic heterocycles. The van der Waals surface area contributed by atoms with Crippen molar-refractivity contribution in [2.24, 2.45) is 0 Å². The van der Waals surface area contributed by atoms with E-state index in [0.29, 0.717) is 31.9 Å². The van der Waals surface area contributed by atoms with Gasteiger partial charge in [0.2, 0.25) is 0 Å². The van der Waals surface area contributed by atoms with Crippen molar-refractivity contribution in [1.29, 1.82) is 0 Å². The molecular weight excluding hydrogens is 400 g/mol. The summed E-state index contributed by atoms with van der Waals surface area (Å²) in [5, 5.41) is 1.05.